The minimum atomic E-state index is -0.923. The van der Waals surface area contributed by atoms with Crippen molar-refractivity contribution >= 4 is 29.2 Å². The number of fused-ring (bicyclic) bond motifs is 7. The average Bonchev–Trinajstić information content (AvgIpc) is 3.43. The molecule has 2 heterocycles. The summed E-state index contributed by atoms with van der Waals surface area (Å²) in [6.45, 7) is 8.90. The monoisotopic (exact) mass is 436 g/mol. The summed E-state index contributed by atoms with van der Waals surface area (Å²) < 4.78 is 6.56. The van der Waals surface area contributed by atoms with Crippen LogP contribution in [0.25, 0.3) is 6.08 Å². The maximum absolute atomic E-state index is 13.0. The highest BCUT2D eigenvalue weighted by atomic mass is 32.1. The van der Waals surface area contributed by atoms with Crippen LogP contribution in [0.5, 0.6) is 5.75 Å². The van der Waals surface area contributed by atoms with Crippen LogP contribution in [-0.2, 0) is 11.8 Å². The van der Waals surface area contributed by atoms with Gasteiger partial charge in [0.25, 0.3) is 0 Å². The summed E-state index contributed by atoms with van der Waals surface area (Å²) in [4.78, 5) is 25.3. The summed E-state index contributed by atoms with van der Waals surface area (Å²) in [6.07, 6.45) is 7.54. The fourth-order valence-electron chi connectivity index (χ4n) is 6.67. The Morgan fingerprint density at radius 3 is 2.77 bits per heavy atom. The maximum atomic E-state index is 13.0. The van der Waals surface area contributed by atoms with E-state index < -0.39 is 5.97 Å². The van der Waals surface area contributed by atoms with Gasteiger partial charge in [0.2, 0.25) is 0 Å². The number of ketones is 1. The number of ether oxygens (including phenoxy) is 1. The van der Waals surface area contributed by atoms with Crippen molar-refractivity contribution < 1.29 is 19.4 Å². The van der Waals surface area contributed by atoms with E-state index in [9.17, 15) is 14.7 Å². The fraction of sp³-hybridized carbons (Fsp3) is 0.462. The zero-order chi connectivity index (χ0) is 22.2. The minimum absolute atomic E-state index is 0.0689. The van der Waals surface area contributed by atoms with Gasteiger partial charge in [0.1, 0.15) is 11.4 Å². The topological polar surface area (TPSA) is 63.6 Å². The summed E-state index contributed by atoms with van der Waals surface area (Å²) >= 11 is 1.37. The van der Waals surface area contributed by atoms with E-state index in [1.807, 2.05) is 25.1 Å². The number of hydrogen-bond acceptors (Lipinski definition) is 4. The van der Waals surface area contributed by atoms with Crippen molar-refractivity contribution in [2.45, 2.75) is 64.4 Å². The van der Waals surface area contributed by atoms with Crippen molar-refractivity contribution in [1.29, 1.82) is 0 Å². The molecule has 2 aromatic rings. The first-order valence-electron chi connectivity index (χ1n) is 11.0. The lowest BCUT2D eigenvalue weighted by molar-refractivity contribution is -0.0260. The van der Waals surface area contributed by atoms with E-state index in [1.165, 1.54) is 30.6 Å². The van der Waals surface area contributed by atoms with Crippen molar-refractivity contribution in [3.63, 3.8) is 0 Å². The van der Waals surface area contributed by atoms with E-state index in [0.717, 1.165) is 21.8 Å². The molecule has 162 valence electrons. The van der Waals surface area contributed by atoms with E-state index in [1.54, 1.807) is 17.5 Å². The van der Waals surface area contributed by atoms with Gasteiger partial charge in [-0.1, -0.05) is 20.8 Å². The molecule has 31 heavy (non-hydrogen) atoms. The lowest BCUT2D eigenvalue weighted by Crippen LogP contribution is -2.54. The summed E-state index contributed by atoms with van der Waals surface area (Å²) in [7, 11) is 0. The third-order valence-corrected chi connectivity index (χ3v) is 9.73. The Kier molecular flexibility index (Phi) is 4.33. The molecule has 0 radical (unpaired) electrons. The number of hydrogen-bond donors (Lipinski definition) is 1. The van der Waals surface area contributed by atoms with Crippen LogP contribution in [-0.4, -0.2) is 22.5 Å². The molecule has 5 rings (SSSR count). The molecule has 4 atom stereocenters. The molecule has 2 bridgehead atoms. The molecular formula is C26H28O4S. The van der Waals surface area contributed by atoms with Crippen LogP contribution in [0.3, 0.4) is 0 Å². The van der Waals surface area contributed by atoms with Crippen LogP contribution in [0.2, 0.25) is 0 Å². The summed E-state index contributed by atoms with van der Waals surface area (Å²) in [5.41, 5.74) is 2.81. The molecule has 1 N–H and O–H groups in total. The first kappa shape index (κ1) is 20.5. The third kappa shape index (κ3) is 2.53. The van der Waals surface area contributed by atoms with Crippen molar-refractivity contribution in [1.82, 2.24) is 0 Å². The van der Waals surface area contributed by atoms with Crippen LogP contribution in [0.15, 0.2) is 29.7 Å². The lowest BCUT2D eigenvalue weighted by Gasteiger charge is -2.48. The molecule has 0 spiro atoms. The number of aromatic carboxylic acids is 1. The summed E-state index contributed by atoms with van der Waals surface area (Å²) in [5, 5.41) is 11.0. The Morgan fingerprint density at radius 1 is 1.29 bits per heavy atom. The molecule has 2 saturated carbocycles. The normalized spacial score (nSPS) is 32.8. The standard InChI is InChI=1S/C26H28O4S/c1-5-17-18(23(28)29)14-31-22(17)9-7-20(27)15-6-8-21-19(12-15)25(3)24(2)11-10-16(13-24)26(25,4)30-21/h6-9,12,14,16H,5,10-11,13H2,1-4H3,(H,28,29). The van der Waals surface area contributed by atoms with Crippen molar-refractivity contribution in [3.8, 4) is 5.75 Å². The fourth-order valence-corrected chi connectivity index (χ4v) is 7.70. The van der Waals surface area contributed by atoms with E-state index in [0.29, 0.717) is 23.5 Å². The predicted octanol–water partition coefficient (Wildman–Crippen LogP) is 6.13. The number of carbonyl (C=O) groups is 2. The van der Waals surface area contributed by atoms with Crippen molar-refractivity contribution in [2.24, 2.45) is 11.3 Å². The largest absolute Gasteiger partial charge is 0.486 e. The van der Waals surface area contributed by atoms with Crippen molar-refractivity contribution in [2.75, 3.05) is 0 Å². The van der Waals surface area contributed by atoms with E-state index in [4.69, 9.17) is 4.74 Å². The first-order valence-corrected chi connectivity index (χ1v) is 11.9. The van der Waals surface area contributed by atoms with Gasteiger partial charge in [-0.25, -0.2) is 4.79 Å². The molecule has 2 aliphatic carbocycles. The molecular weight excluding hydrogens is 408 g/mol. The van der Waals surface area contributed by atoms with Gasteiger partial charge in [0.15, 0.2) is 5.78 Å². The van der Waals surface area contributed by atoms with Gasteiger partial charge in [0, 0.05) is 26.8 Å². The quantitative estimate of drug-likeness (QED) is 0.452. The number of allylic oxidation sites excluding steroid dienone is 1. The van der Waals surface area contributed by atoms with E-state index in [2.05, 4.69) is 20.8 Å². The zero-order valence-corrected chi connectivity index (χ0v) is 19.3. The highest BCUT2D eigenvalue weighted by Crippen LogP contribution is 2.73. The average molecular weight is 437 g/mol. The molecule has 1 aromatic heterocycles. The van der Waals surface area contributed by atoms with Crippen LogP contribution in [0, 0.1) is 11.3 Å². The molecule has 0 amide bonds. The molecule has 4 nitrogen and oxygen atoms in total. The SMILES string of the molecule is CCc1c(C(=O)O)csc1C=CC(=O)c1ccc2c(c1)C1(C)C3(C)CCC(C3)C1(C)O2. The zero-order valence-electron chi connectivity index (χ0n) is 18.5. The third-order valence-electron chi connectivity index (χ3n) is 8.74. The van der Waals surface area contributed by atoms with Gasteiger partial charge in [-0.2, -0.15) is 0 Å². The molecule has 0 saturated heterocycles. The minimum Gasteiger partial charge on any atom is -0.486 e. The Hall–Kier alpha value is -2.40. The Labute approximate surface area is 186 Å². The van der Waals surface area contributed by atoms with E-state index in [-0.39, 0.29) is 22.2 Å². The second kappa shape index (κ2) is 6.55. The number of carboxylic acid groups (broad SMARTS) is 1. The Bertz CT molecular complexity index is 1140. The molecule has 1 aliphatic heterocycles. The van der Waals surface area contributed by atoms with Gasteiger partial charge in [0.05, 0.1) is 5.56 Å². The second-order valence-corrected chi connectivity index (χ2v) is 10.8. The number of carboxylic acids is 1. The van der Waals surface area contributed by atoms with Gasteiger partial charge in [-0.3, -0.25) is 4.79 Å². The first-order chi connectivity index (χ1) is 14.6. The van der Waals surface area contributed by atoms with E-state index >= 15 is 0 Å². The van der Waals surface area contributed by atoms with Crippen molar-refractivity contribution in [3.05, 3.63) is 56.8 Å². The summed E-state index contributed by atoms with van der Waals surface area (Å²) in [6, 6.07) is 5.84. The molecule has 4 unspecified atom stereocenters. The van der Waals surface area contributed by atoms with Crippen LogP contribution in [0.4, 0.5) is 0 Å². The van der Waals surface area contributed by atoms with Crippen LogP contribution in [0.1, 0.15) is 83.7 Å². The maximum Gasteiger partial charge on any atom is 0.336 e. The number of rotatable bonds is 5. The van der Waals surface area contributed by atoms with Gasteiger partial charge in [-0.05, 0) is 79.9 Å². The lowest BCUT2D eigenvalue weighted by atomic mass is 9.56. The Balaban J connectivity index is 1.48. The molecule has 5 heteroatoms. The smallest absolute Gasteiger partial charge is 0.336 e. The highest BCUT2D eigenvalue weighted by Gasteiger charge is 2.73. The molecule has 1 aromatic carbocycles. The number of thiophene rings is 1. The van der Waals surface area contributed by atoms with Gasteiger partial charge >= 0.3 is 5.97 Å². The van der Waals surface area contributed by atoms with Crippen LogP contribution >= 0.6 is 11.3 Å². The molecule has 3 aliphatic rings. The highest BCUT2D eigenvalue weighted by molar-refractivity contribution is 7.11. The van der Waals surface area contributed by atoms with Gasteiger partial charge in [-0.15, -0.1) is 11.3 Å². The van der Waals surface area contributed by atoms with Crippen LogP contribution < -0.4 is 4.74 Å². The van der Waals surface area contributed by atoms with Gasteiger partial charge < -0.3 is 9.84 Å². The number of carbonyl (C=O) groups excluding carboxylic acids is 1. The summed E-state index contributed by atoms with van der Waals surface area (Å²) in [5.74, 6) is 0.485. The molecule has 2 fully saturated rings. The predicted molar refractivity (Wildman–Crippen MR) is 122 cm³/mol. The Morgan fingerprint density at radius 2 is 2.06 bits per heavy atom. The second-order valence-electron chi connectivity index (χ2n) is 9.89. The number of benzene rings is 1.